The summed E-state index contributed by atoms with van der Waals surface area (Å²) in [6.45, 7) is 5.53. The third kappa shape index (κ3) is 5.26. The first-order chi connectivity index (χ1) is 14.1. The van der Waals surface area contributed by atoms with Crippen LogP contribution < -0.4 is 14.8 Å². The normalized spacial score (nSPS) is 16.8. The molecule has 0 bridgehead atoms. The molecule has 154 valence electrons. The van der Waals surface area contributed by atoms with Crippen molar-refractivity contribution in [2.75, 3.05) is 44.8 Å². The standard InChI is InChI=1S/C21H23BrFN3O3/c22-16-2-3-18(17(23)12-16)24-21(27)5-6-25-7-9-26(10-8-25)13-15-1-4-19-20(11-15)29-14-28-19/h1-4,11-12H,5-10,13-14H2,(H,24,27). The predicted molar refractivity (Wildman–Crippen MR) is 112 cm³/mol. The van der Waals surface area contributed by atoms with Gasteiger partial charge in [-0.15, -0.1) is 0 Å². The Balaban J connectivity index is 1.19. The number of halogens is 2. The number of fused-ring (bicyclic) bond motifs is 1. The predicted octanol–water partition coefficient (Wildman–Crippen LogP) is 3.46. The summed E-state index contributed by atoms with van der Waals surface area (Å²) in [5, 5.41) is 2.64. The Bertz CT molecular complexity index is 887. The van der Waals surface area contributed by atoms with Gasteiger partial charge < -0.3 is 19.7 Å². The van der Waals surface area contributed by atoms with Gasteiger partial charge in [0.05, 0.1) is 5.69 Å². The van der Waals surface area contributed by atoms with Crippen molar-refractivity contribution in [3.63, 3.8) is 0 Å². The lowest BCUT2D eigenvalue weighted by Crippen LogP contribution is -2.46. The molecule has 0 atom stereocenters. The van der Waals surface area contributed by atoms with Crippen LogP contribution in [0.15, 0.2) is 40.9 Å². The van der Waals surface area contributed by atoms with Crippen LogP contribution >= 0.6 is 15.9 Å². The molecule has 2 aromatic carbocycles. The van der Waals surface area contributed by atoms with E-state index < -0.39 is 5.82 Å². The number of piperazine rings is 1. The number of carbonyl (C=O) groups is 1. The molecule has 1 N–H and O–H groups in total. The first-order valence-electron chi connectivity index (χ1n) is 9.65. The lowest BCUT2D eigenvalue weighted by atomic mass is 10.1. The number of nitrogens with one attached hydrogen (secondary N) is 1. The number of anilines is 1. The number of carbonyl (C=O) groups excluding carboxylic acids is 1. The minimum absolute atomic E-state index is 0.172. The Hall–Kier alpha value is -2.16. The molecule has 1 amide bonds. The van der Waals surface area contributed by atoms with Crippen molar-refractivity contribution < 1.29 is 18.7 Å². The van der Waals surface area contributed by atoms with Gasteiger partial charge in [0.15, 0.2) is 11.5 Å². The number of benzene rings is 2. The van der Waals surface area contributed by atoms with Crippen LogP contribution in [-0.2, 0) is 11.3 Å². The van der Waals surface area contributed by atoms with Gasteiger partial charge in [-0.2, -0.15) is 0 Å². The molecule has 0 aromatic heterocycles. The average Bonchev–Trinajstić information content (AvgIpc) is 3.17. The van der Waals surface area contributed by atoms with Crippen LogP contribution in [0.2, 0.25) is 0 Å². The quantitative estimate of drug-likeness (QED) is 0.710. The third-order valence-electron chi connectivity index (χ3n) is 5.17. The molecule has 2 aromatic rings. The van der Waals surface area contributed by atoms with Gasteiger partial charge in [0.1, 0.15) is 5.82 Å². The van der Waals surface area contributed by atoms with Crippen molar-refractivity contribution in [1.29, 1.82) is 0 Å². The van der Waals surface area contributed by atoms with Crippen LogP contribution in [0.4, 0.5) is 10.1 Å². The molecule has 4 rings (SSSR count). The molecule has 6 nitrogen and oxygen atoms in total. The summed E-state index contributed by atoms with van der Waals surface area (Å²) in [5.41, 5.74) is 1.42. The Morgan fingerprint density at radius 3 is 2.59 bits per heavy atom. The molecular formula is C21H23BrFN3O3. The van der Waals surface area contributed by atoms with Gasteiger partial charge >= 0.3 is 0 Å². The maximum atomic E-state index is 13.8. The van der Waals surface area contributed by atoms with Gasteiger partial charge in [0.2, 0.25) is 12.7 Å². The summed E-state index contributed by atoms with van der Waals surface area (Å²) in [4.78, 5) is 16.8. The Morgan fingerprint density at radius 1 is 1.03 bits per heavy atom. The highest BCUT2D eigenvalue weighted by molar-refractivity contribution is 9.10. The number of nitrogens with zero attached hydrogens (tertiary/aromatic N) is 2. The SMILES string of the molecule is O=C(CCN1CCN(Cc2ccc3c(c2)OCO3)CC1)Nc1ccc(Br)cc1F. The molecule has 8 heteroatoms. The highest BCUT2D eigenvalue weighted by Crippen LogP contribution is 2.32. The second-order valence-electron chi connectivity index (χ2n) is 7.23. The number of ether oxygens (including phenoxy) is 2. The van der Waals surface area contributed by atoms with Gasteiger partial charge in [-0.05, 0) is 35.9 Å². The van der Waals surface area contributed by atoms with Crippen LogP contribution in [-0.4, -0.2) is 55.2 Å². The van der Waals surface area contributed by atoms with E-state index >= 15 is 0 Å². The summed E-state index contributed by atoms with van der Waals surface area (Å²) in [6.07, 6.45) is 0.345. The topological polar surface area (TPSA) is 54.0 Å². The fourth-order valence-corrected chi connectivity index (χ4v) is 3.86. The molecule has 1 fully saturated rings. The zero-order valence-electron chi connectivity index (χ0n) is 16.0. The molecule has 0 aliphatic carbocycles. The highest BCUT2D eigenvalue weighted by Gasteiger charge is 2.19. The van der Waals surface area contributed by atoms with E-state index in [4.69, 9.17) is 9.47 Å². The number of hydrogen-bond donors (Lipinski definition) is 1. The summed E-state index contributed by atoms with van der Waals surface area (Å²) < 4.78 is 25.3. The molecule has 29 heavy (non-hydrogen) atoms. The molecular weight excluding hydrogens is 441 g/mol. The van der Waals surface area contributed by atoms with Crippen molar-refractivity contribution in [2.45, 2.75) is 13.0 Å². The zero-order valence-corrected chi connectivity index (χ0v) is 17.6. The largest absolute Gasteiger partial charge is 0.454 e. The van der Waals surface area contributed by atoms with Gasteiger partial charge in [-0.25, -0.2) is 4.39 Å². The van der Waals surface area contributed by atoms with Crippen molar-refractivity contribution >= 4 is 27.5 Å². The van der Waals surface area contributed by atoms with E-state index in [1.54, 1.807) is 12.1 Å². The van der Waals surface area contributed by atoms with Gasteiger partial charge in [0, 0.05) is 50.2 Å². The molecule has 0 unspecified atom stereocenters. The Labute approximate surface area is 177 Å². The molecule has 2 aliphatic heterocycles. The lowest BCUT2D eigenvalue weighted by Gasteiger charge is -2.34. The number of amides is 1. The van der Waals surface area contributed by atoms with Gasteiger partial charge in [-0.3, -0.25) is 9.69 Å². The summed E-state index contributed by atoms with van der Waals surface area (Å²) in [7, 11) is 0. The molecule has 0 saturated carbocycles. The zero-order chi connectivity index (χ0) is 20.2. The fourth-order valence-electron chi connectivity index (χ4n) is 3.53. The summed E-state index contributed by atoms with van der Waals surface area (Å²) >= 11 is 3.21. The molecule has 0 spiro atoms. The van der Waals surface area contributed by atoms with Crippen molar-refractivity contribution in [2.24, 2.45) is 0 Å². The van der Waals surface area contributed by atoms with E-state index in [1.165, 1.54) is 11.6 Å². The number of hydrogen-bond acceptors (Lipinski definition) is 5. The van der Waals surface area contributed by atoms with Gasteiger partial charge in [0.25, 0.3) is 0 Å². The molecule has 0 radical (unpaired) electrons. The highest BCUT2D eigenvalue weighted by atomic mass is 79.9. The second-order valence-corrected chi connectivity index (χ2v) is 8.14. The van der Waals surface area contributed by atoms with Gasteiger partial charge in [-0.1, -0.05) is 22.0 Å². The van der Waals surface area contributed by atoms with E-state index in [0.29, 0.717) is 24.2 Å². The fraction of sp³-hybridized carbons (Fsp3) is 0.381. The van der Waals surface area contributed by atoms with Crippen molar-refractivity contribution in [3.05, 3.63) is 52.3 Å². The number of rotatable bonds is 6. The Kier molecular flexibility index (Phi) is 6.32. The van der Waals surface area contributed by atoms with Crippen LogP contribution in [0.1, 0.15) is 12.0 Å². The monoisotopic (exact) mass is 463 g/mol. The molecule has 1 saturated heterocycles. The van der Waals surface area contributed by atoms with Crippen LogP contribution in [0.25, 0.3) is 0 Å². The van der Waals surface area contributed by atoms with Crippen molar-refractivity contribution in [3.8, 4) is 11.5 Å². The van der Waals surface area contributed by atoms with Crippen LogP contribution in [0, 0.1) is 5.82 Å². The smallest absolute Gasteiger partial charge is 0.231 e. The van der Waals surface area contributed by atoms with E-state index in [2.05, 4.69) is 37.1 Å². The van der Waals surface area contributed by atoms with E-state index in [9.17, 15) is 9.18 Å². The minimum Gasteiger partial charge on any atom is -0.454 e. The lowest BCUT2D eigenvalue weighted by molar-refractivity contribution is -0.116. The van der Waals surface area contributed by atoms with E-state index in [0.717, 1.165) is 44.2 Å². The Morgan fingerprint density at radius 2 is 1.79 bits per heavy atom. The average molecular weight is 464 g/mol. The maximum absolute atomic E-state index is 13.8. The first-order valence-corrected chi connectivity index (χ1v) is 10.4. The first kappa shape index (κ1) is 20.1. The van der Waals surface area contributed by atoms with E-state index in [-0.39, 0.29) is 11.6 Å². The molecule has 2 heterocycles. The van der Waals surface area contributed by atoms with Crippen molar-refractivity contribution in [1.82, 2.24) is 9.80 Å². The summed E-state index contributed by atoms with van der Waals surface area (Å²) in [5.74, 6) is 1.01. The third-order valence-corrected chi connectivity index (χ3v) is 5.66. The van der Waals surface area contributed by atoms with Crippen LogP contribution in [0.5, 0.6) is 11.5 Å². The second kappa shape index (κ2) is 9.11. The van der Waals surface area contributed by atoms with E-state index in [1.807, 2.05) is 12.1 Å². The minimum atomic E-state index is -0.440. The summed E-state index contributed by atoms with van der Waals surface area (Å²) in [6, 6.07) is 10.7. The maximum Gasteiger partial charge on any atom is 0.231 e. The van der Waals surface area contributed by atoms with Crippen LogP contribution in [0.3, 0.4) is 0 Å². The molecule has 2 aliphatic rings.